The van der Waals surface area contributed by atoms with Crippen LogP contribution in [0.2, 0.25) is 5.02 Å². The van der Waals surface area contributed by atoms with Gasteiger partial charge in [-0.15, -0.1) is 0 Å². The molecule has 0 spiro atoms. The Balaban J connectivity index is 1.97. The Kier molecular flexibility index (Phi) is 3.92. The Hall–Kier alpha value is -0.770. The molecule has 94 valence electrons. The van der Waals surface area contributed by atoms with Crippen molar-refractivity contribution in [3.8, 4) is 0 Å². The van der Waals surface area contributed by atoms with Crippen molar-refractivity contribution in [2.24, 2.45) is 5.73 Å². The largest absolute Gasteiger partial charge is 0.378 e. The average molecular weight is 255 g/mol. The van der Waals surface area contributed by atoms with Crippen molar-refractivity contribution in [1.29, 1.82) is 0 Å². The highest BCUT2D eigenvalue weighted by molar-refractivity contribution is 6.30. The van der Waals surface area contributed by atoms with Gasteiger partial charge in [-0.3, -0.25) is 0 Å². The van der Waals surface area contributed by atoms with Crippen molar-refractivity contribution in [3.05, 3.63) is 29.3 Å². The fourth-order valence-corrected chi connectivity index (χ4v) is 2.55. The zero-order valence-corrected chi connectivity index (χ0v) is 10.8. The van der Waals surface area contributed by atoms with Gasteiger partial charge in [0.2, 0.25) is 0 Å². The van der Waals surface area contributed by atoms with Crippen LogP contribution in [-0.2, 0) is 4.74 Å². The third kappa shape index (κ3) is 2.92. The molecule has 2 rings (SSSR count). The van der Waals surface area contributed by atoms with E-state index >= 15 is 0 Å². The maximum absolute atomic E-state index is 5.96. The number of benzene rings is 1. The molecule has 4 heteroatoms. The van der Waals surface area contributed by atoms with Gasteiger partial charge < -0.3 is 15.8 Å². The summed E-state index contributed by atoms with van der Waals surface area (Å²) in [6.07, 6.45) is 2.27. The van der Waals surface area contributed by atoms with Crippen molar-refractivity contribution >= 4 is 17.3 Å². The van der Waals surface area contributed by atoms with Crippen molar-refractivity contribution in [1.82, 2.24) is 0 Å². The van der Waals surface area contributed by atoms with Gasteiger partial charge in [0.15, 0.2) is 0 Å². The maximum Gasteiger partial charge on any atom is 0.0620 e. The first-order chi connectivity index (χ1) is 8.17. The van der Waals surface area contributed by atoms with Crippen LogP contribution in [0.15, 0.2) is 24.3 Å². The number of hydrogen-bond acceptors (Lipinski definition) is 3. The zero-order valence-electron chi connectivity index (χ0n) is 10.1. The van der Waals surface area contributed by atoms with E-state index in [1.165, 1.54) is 0 Å². The second-order valence-electron chi connectivity index (χ2n) is 4.61. The van der Waals surface area contributed by atoms with Crippen LogP contribution in [0, 0.1) is 0 Å². The van der Waals surface area contributed by atoms with Crippen LogP contribution in [0.1, 0.15) is 19.8 Å². The predicted octanol–water partition coefficient (Wildman–Crippen LogP) is 2.65. The molecule has 0 atom stereocenters. The molecule has 0 saturated heterocycles. The lowest BCUT2D eigenvalue weighted by Crippen LogP contribution is -2.58. The first-order valence-electron chi connectivity index (χ1n) is 6.03. The predicted molar refractivity (Wildman–Crippen MR) is 71.5 cm³/mol. The number of anilines is 1. The van der Waals surface area contributed by atoms with Gasteiger partial charge in [-0.25, -0.2) is 0 Å². The third-order valence-electron chi connectivity index (χ3n) is 3.26. The Morgan fingerprint density at radius 1 is 1.53 bits per heavy atom. The molecule has 0 heterocycles. The van der Waals surface area contributed by atoms with Crippen LogP contribution in [0.5, 0.6) is 0 Å². The Labute approximate surface area is 107 Å². The molecular formula is C13H19ClN2O. The molecule has 0 amide bonds. The number of ether oxygens (including phenoxy) is 1. The molecule has 17 heavy (non-hydrogen) atoms. The first kappa shape index (κ1) is 12.7. The fraction of sp³-hybridized carbons (Fsp3) is 0.538. The van der Waals surface area contributed by atoms with E-state index in [9.17, 15) is 0 Å². The van der Waals surface area contributed by atoms with E-state index in [0.717, 1.165) is 30.2 Å². The molecule has 1 aliphatic rings. The SMILES string of the molecule is CCOC1CC(CN)(Nc2cccc(Cl)c2)C1. The molecule has 1 aromatic carbocycles. The van der Waals surface area contributed by atoms with Crippen LogP contribution in [0.3, 0.4) is 0 Å². The van der Waals surface area contributed by atoms with Crippen LogP contribution in [0.25, 0.3) is 0 Å². The van der Waals surface area contributed by atoms with Gasteiger partial charge in [-0.2, -0.15) is 0 Å². The van der Waals surface area contributed by atoms with Crippen molar-refractivity contribution in [3.63, 3.8) is 0 Å². The highest BCUT2D eigenvalue weighted by Crippen LogP contribution is 2.37. The average Bonchev–Trinajstić information content (AvgIpc) is 2.26. The van der Waals surface area contributed by atoms with Gasteiger partial charge >= 0.3 is 0 Å². The summed E-state index contributed by atoms with van der Waals surface area (Å²) in [7, 11) is 0. The third-order valence-corrected chi connectivity index (χ3v) is 3.50. The first-order valence-corrected chi connectivity index (χ1v) is 6.41. The van der Waals surface area contributed by atoms with Gasteiger partial charge in [0.1, 0.15) is 0 Å². The minimum atomic E-state index is -0.0233. The van der Waals surface area contributed by atoms with Crippen molar-refractivity contribution in [2.75, 3.05) is 18.5 Å². The summed E-state index contributed by atoms with van der Waals surface area (Å²) < 4.78 is 5.57. The van der Waals surface area contributed by atoms with Crippen LogP contribution < -0.4 is 11.1 Å². The highest BCUT2D eigenvalue weighted by atomic mass is 35.5. The van der Waals surface area contributed by atoms with Gasteiger partial charge in [0.25, 0.3) is 0 Å². The molecule has 0 aromatic heterocycles. The van der Waals surface area contributed by atoms with E-state index < -0.39 is 0 Å². The summed E-state index contributed by atoms with van der Waals surface area (Å²) in [5.41, 5.74) is 6.86. The molecule has 0 bridgehead atoms. The molecule has 3 nitrogen and oxygen atoms in total. The minimum absolute atomic E-state index is 0.0233. The van der Waals surface area contributed by atoms with Gasteiger partial charge in [-0.1, -0.05) is 17.7 Å². The number of nitrogens with one attached hydrogen (secondary N) is 1. The normalized spacial score (nSPS) is 27.6. The number of hydrogen-bond donors (Lipinski definition) is 2. The smallest absolute Gasteiger partial charge is 0.0620 e. The molecule has 1 fully saturated rings. The quantitative estimate of drug-likeness (QED) is 0.849. The van der Waals surface area contributed by atoms with Gasteiger partial charge in [0, 0.05) is 23.9 Å². The second kappa shape index (κ2) is 5.25. The fourth-order valence-electron chi connectivity index (χ4n) is 2.36. The van der Waals surface area contributed by atoms with E-state index in [1.54, 1.807) is 0 Å². The summed E-state index contributed by atoms with van der Waals surface area (Å²) >= 11 is 5.96. The lowest BCUT2D eigenvalue weighted by atomic mass is 9.74. The monoisotopic (exact) mass is 254 g/mol. The van der Waals surface area contributed by atoms with E-state index in [4.69, 9.17) is 22.1 Å². The second-order valence-corrected chi connectivity index (χ2v) is 5.04. The van der Waals surface area contributed by atoms with Gasteiger partial charge in [0.05, 0.1) is 11.6 Å². The molecule has 0 radical (unpaired) electrons. The molecule has 0 aliphatic heterocycles. The summed E-state index contributed by atoms with van der Waals surface area (Å²) in [4.78, 5) is 0. The topological polar surface area (TPSA) is 47.3 Å². The lowest BCUT2D eigenvalue weighted by molar-refractivity contribution is -0.0271. The van der Waals surface area contributed by atoms with E-state index in [-0.39, 0.29) is 5.54 Å². The Morgan fingerprint density at radius 2 is 2.29 bits per heavy atom. The van der Waals surface area contributed by atoms with E-state index in [1.807, 2.05) is 31.2 Å². The van der Waals surface area contributed by atoms with Gasteiger partial charge in [-0.05, 0) is 38.0 Å². The molecule has 1 aromatic rings. The Bertz CT molecular complexity index is 377. The summed E-state index contributed by atoms with van der Waals surface area (Å²) in [6, 6.07) is 7.74. The standard InChI is InChI=1S/C13H19ClN2O/c1-2-17-12-7-13(8-12,9-15)16-11-5-3-4-10(14)6-11/h3-6,12,16H,2,7-9,15H2,1H3. The summed E-state index contributed by atoms with van der Waals surface area (Å²) in [5, 5.41) is 4.22. The van der Waals surface area contributed by atoms with Crippen LogP contribution >= 0.6 is 11.6 Å². The van der Waals surface area contributed by atoms with Crippen LogP contribution in [-0.4, -0.2) is 24.8 Å². The highest BCUT2D eigenvalue weighted by Gasteiger charge is 2.43. The molecule has 3 N–H and O–H groups in total. The van der Waals surface area contributed by atoms with Crippen molar-refractivity contribution in [2.45, 2.75) is 31.4 Å². The molecule has 1 saturated carbocycles. The number of rotatable bonds is 5. The maximum atomic E-state index is 5.96. The number of halogens is 1. The van der Waals surface area contributed by atoms with Crippen LogP contribution in [0.4, 0.5) is 5.69 Å². The lowest BCUT2D eigenvalue weighted by Gasteiger charge is -2.47. The molecule has 0 unspecified atom stereocenters. The molecular weight excluding hydrogens is 236 g/mol. The minimum Gasteiger partial charge on any atom is -0.378 e. The number of nitrogens with two attached hydrogens (primary N) is 1. The molecule has 1 aliphatic carbocycles. The van der Waals surface area contributed by atoms with Crippen molar-refractivity contribution < 1.29 is 4.74 Å². The van der Waals surface area contributed by atoms with E-state index in [2.05, 4.69) is 5.32 Å². The van der Waals surface area contributed by atoms with E-state index in [0.29, 0.717) is 12.6 Å². The Morgan fingerprint density at radius 3 is 2.88 bits per heavy atom. The summed E-state index contributed by atoms with van der Waals surface area (Å²) in [6.45, 7) is 3.40. The zero-order chi connectivity index (χ0) is 12.3. The summed E-state index contributed by atoms with van der Waals surface area (Å²) in [5.74, 6) is 0.